The van der Waals surface area contributed by atoms with Crippen LogP contribution in [0.25, 0.3) is 0 Å². The molecule has 0 amide bonds. The molecule has 98 valence electrons. The van der Waals surface area contributed by atoms with Crippen LogP contribution in [-0.4, -0.2) is 31.9 Å². The van der Waals surface area contributed by atoms with Gasteiger partial charge in [0.1, 0.15) is 5.75 Å². The second kappa shape index (κ2) is 4.49. The van der Waals surface area contributed by atoms with Crippen LogP contribution in [0, 0.1) is 0 Å². The average molecular weight is 271 g/mol. The van der Waals surface area contributed by atoms with E-state index >= 15 is 0 Å². The standard InChI is InChI=1S/C11H13NO5S/c1-18(15,16)12-10-6-8(17-7-2-3-7)4-5-9(10)11(13)14/h4-7,12H,2-3H2,1H3,(H,13,14). The van der Waals surface area contributed by atoms with Gasteiger partial charge in [0.05, 0.1) is 23.6 Å². The number of carboxylic acid groups (broad SMARTS) is 1. The van der Waals surface area contributed by atoms with Crippen molar-refractivity contribution in [3.63, 3.8) is 0 Å². The van der Waals surface area contributed by atoms with Crippen molar-refractivity contribution < 1.29 is 23.1 Å². The molecule has 0 aromatic heterocycles. The van der Waals surface area contributed by atoms with Crippen molar-refractivity contribution in [2.75, 3.05) is 11.0 Å². The van der Waals surface area contributed by atoms with E-state index in [4.69, 9.17) is 9.84 Å². The van der Waals surface area contributed by atoms with Gasteiger partial charge in [0.2, 0.25) is 10.0 Å². The molecule has 18 heavy (non-hydrogen) atoms. The Morgan fingerprint density at radius 1 is 1.44 bits per heavy atom. The largest absolute Gasteiger partial charge is 0.490 e. The van der Waals surface area contributed by atoms with Crippen LogP contribution < -0.4 is 9.46 Å². The lowest BCUT2D eigenvalue weighted by Gasteiger charge is -2.10. The molecule has 1 aliphatic carbocycles. The van der Waals surface area contributed by atoms with Gasteiger partial charge in [-0.3, -0.25) is 4.72 Å². The summed E-state index contributed by atoms with van der Waals surface area (Å²) in [5.41, 5.74) is -0.0910. The van der Waals surface area contributed by atoms with Gasteiger partial charge in [-0.25, -0.2) is 13.2 Å². The van der Waals surface area contributed by atoms with Crippen molar-refractivity contribution in [1.29, 1.82) is 0 Å². The molecule has 7 heteroatoms. The lowest BCUT2D eigenvalue weighted by Crippen LogP contribution is -2.13. The summed E-state index contributed by atoms with van der Waals surface area (Å²) in [6.45, 7) is 0. The third kappa shape index (κ3) is 3.36. The Morgan fingerprint density at radius 2 is 2.11 bits per heavy atom. The Bertz CT molecular complexity index is 577. The van der Waals surface area contributed by atoms with Gasteiger partial charge in [0.15, 0.2) is 0 Å². The van der Waals surface area contributed by atoms with Gasteiger partial charge >= 0.3 is 5.97 Å². The predicted octanol–water partition coefficient (Wildman–Crippen LogP) is 1.30. The van der Waals surface area contributed by atoms with Gasteiger partial charge in [-0.2, -0.15) is 0 Å². The van der Waals surface area contributed by atoms with Gasteiger partial charge < -0.3 is 9.84 Å². The summed E-state index contributed by atoms with van der Waals surface area (Å²) in [6.07, 6.45) is 3.06. The Labute approximate surface area is 105 Å². The molecule has 0 saturated heterocycles. The molecule has 0 heterocycles. The normalized spacial score (nSPS) is 15.2. The monoisotopic (exact) mass is 271 g/mol. The van der Waals surface area contributed by atoms with Crippen molar-refractivity contribution >= 4 is 21.7 Å². The summed E-state index contributed by atoms with van der Waals surface area (Å²) in [4.78, 5) is 11.0. The van der Waals surface area contributed by atoms with E-state index in [-0.39, 0.29) is 17.4 Å². The molecular weight excluding hydrogens is 258 g/mol. The molecule has 1 saturated carbocycles. The summed E-state index contributed by atoms with van der Waals surface area (Å²) in [7, 11) is -3.53. The van der Waals surface area contributed by atoms with Gasteiger partial charge in [0, 0.05) is 6.07 Å². The van der Waals surface area contributed by atoms with E-state index in [1.165, 1.54) is 18.2 Å². The first-order valence-electron chi connectivity index (χ1n) is 5.37. The molecule has 0 radical (unpaired) electrons. The molecule has 0 unspecified atom stereocenters. The number of benzene rings is 1. The minimum absolute atomic E-state index is 0.0168. The summed E-state index contributed by atoms with van der Waals surface area (Å²) in [5, 5.41) is 8.97. The zero-order chi connectivity index (χ0) is 13.3. The number of sulfonamides is 1. The Kier molecular flexibility index (Phi) is 3.16. The number of aromatic carboxylic acids is 1. The van der Waals surface area contributed by atoms with E-state index in [0.717, 1.165) is 19.1 Å². The number of nitrogens with one attached hydrogen (secondary N) is 1. The zero-order valence-corrected chi connectivity index (χ0v) is 10.5. The van der Waals surface area contributed by atoms with E-state index in [2.05, 4.69) is 4.72 Å². The molecular formula is C11H13NO5S. The second-order valence-electron chi connectivity index (χ2n) is 4.20. The topological polar surface area (TPSA) is 92.7 Å². The highest BCUT2D eigenvalue weighted by molar-refractivity contribution is 7.92. The first-order chi connectivity index (χ1) is 8.35. The third-order valence-electron chi connectivity index (χ3n) is 2.34. The maximum atomic E-state index is 11.2. The van der Waals surface area contributed by atoms with Gasteiger partial charge in [0.25, 0.3) is 0 Å². The maximum absolute atomic E-state index is 11.2. The van der Waals surface area contributed by atoms with E-state index in [1.807, 2.05) is 0 Å². The van der Waals surface area contributed by atoms with Crippen molar-refractivity contribution in [2.45, 2.75) is 18.9 Å². The fourth-order valence-electron chi connectivity index (χ4n) is 1.45. The molecule has 1 aromatic carbocycles. The van der Waals surface area contributed by atoms with Crippen LogP contribution in [0.5, 0.6) is 5.75 Å². The number of rotatable bonds is 5. The number of hydrogen-bond acceptors (Lipinski definition) is 4. The van der Waals surface area contributed by atoms with Crippen LogP contribution in [-0.2, 0) is 10.0 Å². The first kappa shape index (κ1) is 12.7. The molecule has 0 aliphatic heterocycles. The predicted molar refractivity (Wildman–Crippen MR) is 65.5 cm³/mol. The number of ether oxygens (including phenoxy) is 1. The SMILES string of the molecule is CS(=O)(=O)Nc1cc(OC2CC2)ccc1C(=O)O. The van der Waals surface area contributed by atoms with E-state index < -0.39 is 16.0 Å². The van der Waals surface area contributed by atoms with Crippen LogP contribution >= 0.6 is 0 Å². The summed E-state index contributed by atoms with van der Waals surface area (Å²) in [6, 6.07) is 4.24. The van der Waals surface area contributed by atoms with Crippen molar-refractivity contribution in [1.82, 2.24) is 0 Å². The van der Waals surface area contributed by atoms with Crippen LogP contribution in [0.3, 0.4) is 0 Å². The maximum Gasteiger partial charge on any atom is 0.337 e. The lowest BCUT2D eigenvalue weighted by molar-refractivity contribution is 0.0698. The van der Waals surface area contributed by atoms with Gasteiger partial charge in [-0.15, -0.1) is 0 Å². The van der Waals surface area contributed by atoms with E-state index in [1.54, 1.807) is 0 Å². The van der Waals surface area contributed by atoms with E-state index in [0.29, 0.717) is 5.75 Å². The fourth-order valence-corrected chi connectivity index (χ4v) is 2.01. The van der Waals surface area contributed by atoms with Crippen molar-refractivity contribution in [3.05, 3.63) is 23.8 Å². The van der Waals surface area contributed by atoms with Crippen LogP contribution in [0.2, 0.25) is 0 Å². The lowest BCUT2D eigenvalue weighted by atomic mass is 10.2. The zero-order valence-electron chi connectivity index (χ0n) is 9.71. The minimum atomic E-state index is -3.53. The number of hydrogen-bond donors (Lipinski definition) is 2. The highest BCUT2D eigenvalue weighted by atomic mass is 32.2. The molecule has 2 rings (SSSR count). The summed E-state index contributed by atoms with van der Waals surface area (Å²) >= 11 is 0. The summed E-state index contributed by atoms with van der Waals surface area (Å²) in [5.74, 6) is -0.729. The molecule has 1 aromatic rings. The summed E-state index contributed by atoms with van der Waals surface area (Å²) < 4.78 is 30.0. The molecule has 0 spiro atoms. The van der Waals surface area contributed by atoms with Crippen LogP contribution in [0.4, 0.5) is 5.69 Å². The quantitative estimate of drug-likeness (QED) is 0.842. The van der Waals surface area contributed by atoms with Gasteiger partial charge in [-0.1, -0.05) is 0 Å². The molecule has 0 bridgehead atoms. The smallest absolute Gasteiger partial charge is 0.337 e. The highest BCUT2D eigenvalue weighted by Gasteiger charge is 2.24. The number of carboxylic acids is 1. The Morgan fingerprint density at radius 3 is 2.61 bits per heavy atom. The minimum Gasteiger partial charge on any atom is -0.490 e. The number of anilines is 1. The Hall–Kier alpha value is -1.76. The fraction of sp³-hybridized carbons (Fsp3) is 0.364. The van der Waals surface area contributed by atoms with E-state index in [9.17, 15) is 13.2 Å². The van der Waals surface area contributed by atoms with Crippen molar-refractivity contribution in [3.8, 4) is 5.75 Å². The second-order valence-corrected chi connectivity index (χ2v) is 5.95. The molecule has 2 N–H and O–H groups in total. The highest BCUT2D eigenvalue weighted by Crippen LogP contribution is 2.30. The molecule has 1 aliphatic rings. The third-order valence-corrected chi connectivity index (χ3v) is 2.93. The van der Waals surface area contributed by atoms with Crippen LogP contribution in [0.15, 0.2) is 18.2 Å². The average Bonchev–Trinajstić information content (AvgIpc) is 2.98. The van der Waals surface area contributed by atoms with Crippen LogP contribution in [0.1, 0.15) is 23.2 Å². The first-order valence-corrected chi connectivity index (χ1v) is 7.26. The van der Waals surface area contributed by atoms with Gasteiger partial charge in [-0.05, 0) is 25.0 Å². The molecule has 6 nitrogen and oxygen atoms in total. The molecule has 1 fully saturated rings. The molecule has 0 atom stereocenters. The number of carbonyl (C=O) groups is 1. The Balaban J connectivity index is 2.33. The van der Waals surface area contributed by atoms with Crippen molar-refractivity contribution in [2.24, 2.45) is 0 Å².